The van der Waals surface area contributed by atoms with Gasteiger partial charge in [0.1, 0.15) is 11.4 Å². The third-order valence-corrected chi connectivity index (χ3v) is 7.60. The first-order valence-electron chi connectivity index (χ1n) is 10.6. The fourth-order valence-electron chi connectivity index (χ4n) is 3.42. The molecule has 1 fully saturated rings. The lowest BCUT2D eigenvalue weighted by atomic mass is 10.00. The zero-order chi connectivity index (χ0) is 24.0. The number of carbonyl (C=O) groups is 2. The molecule has 1 aromatic carbocycles. The van der Waals surface area contributed by atoms with E-state index in [-0.39, 0.29) is 23.5 Å². The maximum atomic E-state index is 13.8. The predicted octanol–water partition coefficient (Wildman–Crippen LogP) is 3.54. The van der Waals surface area contributed by atoms with Crippen LogP contribution in [0.3, 0.4) is 0 Å². The minimum absolute atomic E-state index is 0.0102. The first kappa shape index (κ1) is 25.5. The number of carbonyl (C=O) groups excluding carboxylic acids is 2. The second-order valence-electron chi connectivity index (χ2n) is 8.73. The van der Waals surface area contributed by atoms with Gasteiger partial charge in [-0.1, -0.05) is 0 Å². The number of ether oxygens (including phenoxy) is 1. The van der Waals surface area contributed by atoms with Crippen LogP contribution < -0.4 is 4.90 Å². The Hall–Kier alpha value is -2.77. The maximum absolute atomic E-state index is 13.8. The standard InChI is InChI=1S/C25H31NO5S/c1-6-8-16-25(17-9-7-2,23(28)31-24(3,4)5)32(29,30)22-12-10-20(11-13-22)26-18-14-21(27)15-19-26/h10-13H,14-19H2,1-5H3. The Morgan fingerprint density at radius 2 is 1.50 bits per heavy atom. The topological polar surface area (TPSA) is 80.8 Å². The van der Waals surface area contributed by atoms with Crippen LogP contribution in [0.5, 0.6) is 0 Å². The normalized spacial score (nSPS) is 14.7. The highest BCUT2D eigenvalue weighted by molar-refractivity contribution is 7.93. The Labute approximate surface area is 191 Å². The van der Waals surface area contributed by atoms with Crippen molar-refractivity contribution in [1.82, 2.24) is 0 Å². The van der Waals surface area contributed by atoms with Crippen LogP contribution in [0.1, 0.15) is 60.3 Å². The number of Topliss-reactive ketones (excluding diaryl/α,β-unsaturated/α-hetero) is 1. The molecule has 1 aliphatic heterocycles. The highest BCUT2D eigenvalue weighted by atomic mass is 32.2. The molecule has 2 rings (SSSR count). The van der Waals surface area contributed by atoms with Gasteiger partial charge in [0, 0.05) is 44.5 Å². The lowest BCUT2D eigenvalue weighted by Gasteiger charge is -2.32. The summed E-state index contributed by atoms with van der Waals surface area (Å²) in [7, 11) is -4.19. The van der Waals surface area contributed by atoms with E-state index < -0.39 is 26.2 Å². The molecule has 172 valence electrons. The lowest BCUT2D eigenvalue weighted by molar-refractivity contribution is -0.158. The number of rotatable bonds is 6. The van der Waals surface area contributed by atoms with E-state index in [1.165, 1.54) is 12.1 Å². The highest BCUT2D eigenvalue weighted by Crippen LogP contribution is 2.35. The average Bonchev–Trinajstić information content (AvgIpc) is 2.73. The first-order valence-corrected chi connectivity index (χ1v) is 12.1. The average molecular weight is 458 g/mol. The molecule has 1 saturated heterocycles. The Morgan fingerprint density at radius 1 is 1.00 bits per heavy atom. The van der Waals surface area contributed by atoms with Crippen molar-refractivity contribution in [2.45, 2.75) is 75.5 Å². The number of sulfone groups is 1. The molecule has 32 heavy (non-hydrogen) atoms. The van der Waals surface area contributed by atoms with Crippen molar-refractivity contribution in [2.75, 3.05) is 18.0 Å². The fourth-order valence-corrected chi connectivity index (χ4v) is 5.15. The van der Waals surface area contributed by atoms with E-state index in [4.69, 9.17) is 4.74 Å². The van der Waals surface area contributed by atoms with Gasteiger partial charge < -0.3 is 9.64 Å². The van der Waals surface area contributed by atoms with Gasteiger partial charge in [-0.25, -0.2) is 8.42 Å². The zero-order valence-corrected chi connectivity index (χ0v) is 20.3. The van der Waals surface area contributed by atoms with Crippen LogP contribution in [0.25, 0.3) is 0 Å². The van der Waals surface area contributed by atoms with E-state index in [0.717, 1.165) is 5.69 Å². The van der Waals surface area contributed by atoms with Gasteiger partial charge in [0.25, 0.3) is 0 Å². The van der Waals surface area contributed by atoms with Gasteiger partial charge >= 0.3 is 5.97 Å². The molecule has 0 unspecified atom stereocenters. The number of piperidine rings is 1. The summed E-state index contributed by atoms with van der Waals surface area (Å²) >= 11 is 0. The van der Waals surface area contributed by atoms with Gasteiger partial charge in [-0.15, -0.1) is 23.7 Å². The highest BCUT2D eigenvalue weighted by Gasteiger charge is 2.53. The third-order valence-electron chi connectivity index (χ3n) is 5.22. The summed E-state index contributed by atoms with van der Waals surface area (Å²) in [5.41, 5.74) is -0.0341. The van der Waals surface area contributed by atoms with Crippen LogP contribution in [-0.4, -0.2) is 43.6 Å². The smallest absolute Gasteiger partial charge is 0.330 e. The number of anilines is 1. The van der Waals surface area contributed by atoms with E-state index in [2.05, 4.69) is 23.7 Å². The molecule has 0 saturated carbocycles. The van der Waals surface area contributed by atoms with Crippen molar-refractivity contribution >= 4 is 27.3 Å². The molecule has 0 aliphatic carbocycles. The fraction of sp³-hybridized carbons (Fsp3) is 0.520. The van der Waals surface area contributed by atoms with Crippen LogP contribution in [0.2, 0.25) is 0 Å². The first-order chi connectivity index (χ1) is 15.0. The molecular formula is C25H31NO5S. The zero-order valence-electron chi connectivity index (χ0n) is 19.4. The van der Waals surface area contributed by atoms with Crippen molar-refractivity contribution in [3.05, 3.63) is 24.3 Å². The summed E-state index contributed by atoms with van der Waals surface area (Å²) in [6.45, 7) is 9.47. The molecule has 0 bridgehead atoms. The Kier molecular flexibility index (Phi) is 8.15. The molecule has 0 atom stereocenters. The van der Waals surface area contributed by atoms with Crippen molar-refractivity contribution in [1.29, 1.82) is 0 Å². The lowest BCUT2D eigenvalue weighted by Crippen LogP contribution is -2.49. The number of ketones is 1. The summed E-state index contributed by atoms with van der Waals surface area (Å²) < 4.78 is 31.3. The van der Waals surface area contributed by atoms with Crippen LogP contribution in [0.15, 0.2) is 29.2 Å². The molecule has 0 amide bonds. The molecule has 0 radical (unpaired) electrons. The summed E-state index contributed by atoms with van der Waals surface area (Å²) in [5.74, 6) is 10.3. The van der Waals surface area contributed by atoms with Gasteiger partial charge in [0.2, 0.25) is 0 Å². The summed E-state index contributed by atoms with van der Waals surface area (Å²) in [5, 5.41) is 0. The van der Waals surface area contributed by atoms with E-state index in [1.807, 2.05) is 4.90 Å². The molecule has 0 aromatic heterocycles. The van der Waals surface area contributed by atoms with Crippen LogP contribution in [0, 0.1) is 23.7 Å². The molecule has 7 heteroatoms. The Bertz CT molecular complexity index is 1040. The van der Waals surface area contributed by atoms with Crippen LogP contribution >= 0.6 is 0 Å². The molecule has 6 nitrogen and oxygen atoms in total. The molecule has 1 aromatic rings. The number of benzene rings is 1. The van der Waals surface area contributed by atoms with Crippen LogP contribution in [0.4, 0.5) is 5.69 Å². The number of hydrogen-bond donors (Lipinski definition) is 0. The Balaban J connectivity index is 2.51. The number of nitrogens with zero attached hydrogens (tertiary/aromatic N) is 1. The quantitative estimate of drug-likeness (QED) is 0.480. The van der Waals surface area contributed by atoms with Crippen LogP contribution in [-0.2, 0) is 24.2 Å². The molecule has 0 spiro atoms. The summed E-state index contributed by atoms with van der Waals surface area (Å²) in [6, 6.07) is 6.41. The Morgan fingerprint density at radius 3 is 1.94 bits per heavy atom. The molecule has 1 heterocycles. The number of esters is 1. The molecule has 0 N–H and O–H groups in total. The van der Waals surface area contributed by atoms with Crippen molar-refractivity contribution < 1.29 is 22.7 Å². The number of hydrogen-bond acceptors (Lipinski definition) is 6. The predicted molar refractivity (Wildman–Crippen MR) is 125 cm³/mol. The van der Waals surface area contributed by atoms with E-state index in [9.17, 15) is 18.0 Å². The van der Waals surface area contributed by atoms with Gasteiger partial charge in [-0.2, -0.15) is 0 Å². The van der Waals surface area contributed by atoms with Crippen molar-refractivity contribution in [3.63, 3.8) is 0 Å². The third kappa shape index (κ3) is 5.72. The molecular weight excluding hydrogens is 426 g/mol. The van der Waals surface area contributed by atoms with Gasteiger partial charge in [0.15, 0.2) is 14.6 Å². The van der Waals surface area contributed by atoms with Crippen molar-refractivity contribution in [3.8, 4) is 23.7 Å². The van der Waals surface area contributed by atoms with Gasteiger partial charge in [-0.3, -0.25) is 9.59 Å². The monoisotopic (exact) mass is 457 g/mol. The largest absolute Gasteiger partial charge is 0.459 e. The van der Waals surface area contributed by atoms with E-state index in [0.29, 0.717) is 25.9 Å². The second-order valence-corrected chi connectivity index (χ2v) is 11.0. The van der Waals surface area contributed by atoms with Crippen molar-refractivity contribution in [2.24, 2.45) is 0 Å². The minimum atomic E-state index is -4.19. The molecule has 1 aliphatic rings. The summed E-state index contributed by atoms with van der Waals surface area (Å²) in [6.07, 6.45) is 0.525. The second kappa shape index (κ2) is 10.2. The SMILES string of the molecule is CC#CCC(CC#CC)(C(=O)OC(C)(C)C)S(=O)(=O)c1ccc(N2CCC(=O)CC2)cc1. The van der Waals surface area contributed by atoms with Gasteiger partial charge in [0.05, 0.1) is 4.90 Å². The van der Waals surface area contributed by atoms with E-state index in [1.54, 1.807) is 46.8 Å². The van der Waals surface area contributed by atoms with E-state index >= 15 is 0 Å². The summed E-state index contributed by atoms with van der Waals surface area (Å²) in [4.78, 5) is 26.8. The van der Waals surface area contributed by atoms with Gasteiger partial charge in [-0.05, 0) is 58.9 Å². The maximum Gasteiger partial charge on any atom is 0.330 e. The minimum Gasteiger partial charge on any atom is -0.459 e.